The van der Waals surface area contributed by atoms with Crippen molar-refractivity contribution < 1.29 is 14.3 Å². The second kappa shape index (κ2) is 5.26. The van der Waals surface area contributed by atoms with E-state index in [4.69, 9.17) is 9.47 Å². The summed E-state index contributed by atoms with van der Waals surface area (Å²) in [6, 6.07) is 0. The van der Waals surface area contributed by atoms with Gasteiger partial charge >= 0.3 is 0 Å². The van der Waals surface area contributed by atoms with E-state index in [2.05, 4.69) is 0 Å². The SMILES string of the molecule is COC(CN1C=CSCC1=O)OC. The summed E-state index contributed by atoms with van der Waals surface area (Å²) in [6.45, 7) is 0.447. The van der Waals surface area contributed by atoms with Crippen molar-refractivity contribution in [3.63, 3.8) is 0 Å². The Morgan fingerprint density at radius 3 is 2.85 bits per heavy atom. The number of nitrogens with zero attached hydrogens (tertiary/aromatic N) is 1. The first-order chi connectivity index (χ1) is 6.27. The first-order valence-corrected chi connectivity index (χ1v) is 4.96. The lowest BCUT2D eigenvalue weighted by molar-refractivity contribution is -0.138. The van der Waals surface area contributed by atoms with Crippen molar-refractivity contribution in [2.24, 2.45) is 0 Å². The maximum absolute atomic E-state index is 11.3. The van der Waals surface area contributed by atoms with Gasteiger partial charge in [0.15, 0.2) is 6.29 Å². The highest BCUT2D eigenvalue weighted by molar-refractivity contribution is 8.02. The average molecular weight is 203 g/mol. The second-order valence-corrected chi connectivity index (χ2v) is 3.44. The van der Waals surface area contributed by atoms with Crippen LogP contribution in [0, 0.1) is 0 Å². The number of thioether (sulfide) groups is 1. The van der Waals surface area contributed by atoms with Crippen LogP contribution < -0.4 is 0 Å². The molecule has 1 rings (SSSR count). The minimum Gasteiger partial charge on any atom is -0.354 e. The Kier molecular flexibility index (Phi) is 4.27. The zero-order valence-corrected chi connectivity index (χ0v) is 8.54. The second-order valence-electron chi connectivity index (χ2n) is 2.54. The number of hydrogen-bond donors (Lipinski definition) is 0. The molecule has 0 saturated carbocycles. The van der Waals surface area contributed by atoms with Crippen molar-refractivity contribution in [2.45, 2.75) is 6.29 Å². The molecule has 0 N–H and O–H groups in total. The quantitative estimate of drug-likeness (QED) is 0.629. The lowest BCUT2D eigenvalue weighted by atomic mass is 10.5. The highest BCUT2D eigenvalue weighted by Crippen LogP contribution is 2.13. The third-order valence-corrected chi connectivity index (χ3v) is 2.46. The molecule has 1 amide bonds. The van der Waals surface area contributed by atoms with E-state index in [9.17, 15) is 4.79 Å². The predicted octanol–water partition coefficient (Wildman–Crippen LogP) is 0.652. The van der Waals surface area contributed by atoms with E-state index in [1.807, 2.05) is 5.41 Å². The zero-order valence-electron chi connectivity index (χ0n) is 7.73. The maximum Gasteiger partial charge on any atom is 0.237 e. The molecule has 4 nitrogen and oxygen atoms in total. The van der Waals surface area contributed by atoms with Crippen molar-refractivity contribution >= 4 is 17.7 Å². The van der Waals surface area contributed by atoms with Crippen LogP contribution in [0.3, 0.4) is 0 Å². The average Bonchev–Trinajstić information content (AvgIpc) is 2.17. The summed E-state index contributed by atoms with van der Waals surface area (Å²) >= 11 is 1.50. The molecule has 0 aromatic heterocycles. The number of ether oxygens (including phenoxy) is 2. The van der Waals surface area contributed by atoms with Gasteiger partial charge in [-0.3, -0.25) is 4.79 Å². The van der Waals surface area contributed by atoms with Gasteiger partial charge in [0.2, 0.25) is 5.91 Å². The summed E-state index contributed by atoms with van der Waals surface area (Å²) < 4.78 is 9.99. The maximum atomic E-state index is 11.3. The fourth-order valence-corrected chi connectivity index (χ4v) is 1.61. The summed E-state index contributed by atoms with van der Waals surface area (Å²) in [5.41, 5.74) is 0. The first kappa shape index (κ1) is 10.6. The largest absolute Gasteiger partial charge is 0.354 e. The van der Waals surface area contributed by atoms with Crippen LogP contribution in [-0.4, -0.2) is 43.6 Å². The minimum absolute atomic E-state index is 0.0894. The molecule has 1 heterocycles. The molecule has 0 unspecified atom stereocenters. The summed E-state index contributed by atoms with van der Waals surface area (Å²) in [7, 11) is 3.11. The molecule has 0 aromatic rings. The van der Waals surface area contributed by atoms with Crippen LogP contribution in [0.4, 0.5) is 0 Å². The molecule has 74 valence electrons. The van der Waals surface area contributed by atoms with Gasteiger partial charge in [-0.1, -0.05) is 0 Å². The summed E-state index contributed by atoms with van der Waals surface area (Å²) in [6.07, 6.45) is 1.40. The van der Waals surface area contributed by atoms with Gasteiger partial charge in [-0.2, -0.15) is 0 Å². The first-order valence-electron chi connectivity index (χ1n) is 3.91. The number of methoxy groups -OCH3 is 2. The van der Waals surface area contributed by atoms with Crippen LogP contribution in [0.1, 0.15) is 0 Å². The molecule has 5 heteroatoms. The van der Waals surface area contributed by atoms with Crippen LogP contribution in [0.25, 0.3) is 0 Å². The normalized spacial score (nSPS) is 17.2. The molecular weight excluding hydrogens is 190 g/mol. The monoisotopic (exact) mass is 203 g/mol. The lowest BCUT2D eigenvalue weighted by Crippen LogP contribution is -2.37. The van der Waals surface area contributed by atoms with Gasteiger partial charge in [0.25, 0.3) is 0 Å². The van der Waals surface area contributed by atoms with E-state index in [-0.39, 0.29) is 12.2 Å². The minimum atomic E-state index is -0.350. The number of amides is 1. The van der Waals surface area contributed by atoms with Gasteiger partial charge in [0, 0.05) is 20.4 Å². The fourth-order valence-electron chi connectivity index (χ4n) is 0.971. The molecule has 0 bridgehead atoms. The van der Waals surface area contributed by atoms with Gasteiger partial charge < -0.3 is 14.4 Å². The molecule has 0 radical (unpaired) electrons. The third kappa shape index (κ3) is 3.02. The van der Waals surface area contributed by atoms with Crippen molar-refractivity contribution in [1.29, 1.82) is 0 Å². The summed E-state index contributed by atoms with van der Waals surface area (Å²) in [4.78, 5) is 12.9. The van der Waals surface area contributed by atoms with Crippen molar-refractivity contribution in [3.8, 4) is 0 Å². The van der Waals surface area contributed by atoms with E-state index in [1.54, 1.807) is 25.3 Å². The van der Waals surface area contributed by atoms with Crippen LogP contribution in [-0.2, 0) is 14.3 Å². The number of carbonyl (C=O) groups is 1. The van der Waals surface area contributed by atoms with Crippen LogP contribution >= 0.6 is 11.8 Å². The highest BCUT2D eigenvalue weighted by atomic mass is 32.2. The van der Waals surface area contributed by atoms with Gasteiger partial charge in [-0.25, -0.2) is 0 Å². The molecule has 0 saturated heterocycles. The Hall–Kier alpha value is -0.520. The van der Waals surface area contributed by atoms with E-state index in [1.165, 1.54) is 11.8 Å². The fraction of sp³-hybridized carbons (Fsp3) is 0.625. The summed E-state index contributed by atoms with van der Waals surface area (Å²) in [5.74, 6) is 0.586. The van der Waals surface area contributed by atoms with E-state index >= 15 is 0 Å². The van der Waals surface area contributed by atoms with Gasteiger partial charge in [0.1, 0.15) is 0 Å². The van der Waals surface area contributed by atoms with Gasteiger partial charge in [-0.15, -0.1) is 11.8 Å². The molecule has 0 atom stereocenters. The Labute approximate surface area is 81.9 Å². The van der Waals surface area contributed by atoms with Crippen LogP contribution in [0.15, 0.2) is 11.6 Å². The molecule has 13 heavy (non-hydrogen) atoms. The third-order valence-electron chi connectivity index (χ3n) is 1.74. The molecule has 0 spiro atoms. The smallest absolute Gasteiger partial charge is 0.237 e. The molecular formula is C8H13NO3S. The molecule has 1 aliphatic rings. The van der Waals surface area contributed by atoms with E-state index < -0.39 is 0 Å². The van der Waals surface area contributed by atoms with E-state index in [0.717, 1.165) is 0 Å². The Balaban J connectivity index is 2.46. The standard InChI is InChI=1S/C8H13NO3S/c1-11-8(12-2)5-9-3-4-13-6-7(9)10/h3-4,8H,5-6H2,1-2H3. The number of carbonyl (C=O) groups excluding carboxylic acids is 1. The van der Waals surface area contributed by atoms with Crippen molar-refractivity contribution in [1.82, 2.24) is 4.90 Å². The zero-order chi connectivity index (χ0) is 9.68. The predicted molar refractivity (Wildman–Crippen MR) is 51.1 cm³/mol. The summed E-state index contributed by atoms with van der Waals surface area (Å²) in [5, 5.41) is 1.89. The van der Waals surface area contributed by atoms with Gasteiger partial charge in [-0.05, 0) is 5.41 Å². The van der Waals surface area contributed by atoms with Crippen LogP contribution in [0.2, 0.25) is 0 Å². The Morgan fingerprint density at radius 1 is 1.62 bits per heavy atom. The Morgan fingerprint density at radius 2 is 2.31 bits per heavy atom. The Bertz CT molecular complexity index is 204. The van der Waals surface area contributed by atoms with Gasteiger partial charge in [0.05, 0.1) is 12.3 Å². The van der Waals surface area contributed by atoms with Crippen molar-refractivity contribution in [3.05, 3.63) is 11.6 Å². The van der Waals surface area contributed by atoms with E-state index in [0.29, 0.717) is 12.3 Å². The molecule has 0 aromatic carbocycles. The van der Waals surface area contributed by atoms with Crippen LogP contribution in [0.5, 0.6) is 0 Å². The topological polar surface area (TPSA) is 38.8 Å². The molecule has 1 aliphatic heterocycles. The number of hydrogen-bond acceptors (Lipinski definition) is 4. The molecule has 0 fully saturated rings. The molecule has 0 aliphatic carbocycles. The van der Waals surface area contributed by atoms with Crippen molar-refractivity contribution in [2.75, 3.05) is 26.5 Å². The highest BCUT2D eigenvalue weighted by Gasteiger charge is 2.18. The number of rotatable bonds is 4. The lowest BCUT2D eigenvalue weighted by Gasteiger charge is -2.24.